The highest BCUT2D eigenvalue weighted by molar-refractivity contribution is 5.05. The highest BCUT2D eigenvalue weighted by atomic mass is 16.3. The zero-order chi connectivity index (χ0) is 10.2. The lowest BCUT2D eigenvalue weighted by Crippen LogP contribution is -2.58. The van der Waals surface area contributed by atoms with E-state index in [4.69, 9.17) is 0 Å². The second kappa shape index (κ2) is 3.49. The minimum absolute atomic E-state index is 0.0905. The van der Waals surface area contributed by atoms with E-state index in [1.54, 1.807) is 0 Å². The van der Waals surface area contributed by atoms with Gasteiger partial charge in [-0.2, -0.15) is 0 Å². The Balaban J connectivity index is 2.17. The van der Waals surface area contributed by atoms with Gasteiger partial charge in [0.25, 0.3) is 0 Å². The van der Waals surface area contributed by atoms with Crippen molar-refractivity contribution < 1.29 is 5.11 Å². The molecular formula is C12H23NO. The van der Waals surface area contributed by atoms with Gasteiger partial charge < -0.3 is 10.4 Å². The Labute approximate surface area is 87.1 Å². The van der Waals surface area contributed by atoms with Crippen molar-refractivity contribution in [2.75, 3.05) is 6.54 Å². The van der Waals surface area contributed by atoms with E-state index in [1.807, 2.05) is 0 Å². The summed E-state index contributed by atoms with van der Waals surface area (Å²) in [6.45, 7) is 5.54. The topological polar surface area (TPSA) is 32.3 Å². The van der Waals surface area contributed by atoms with Gasteiger partial charge in [0.15, 0.2) is 0 Å². The van der Waals surface area contributed by atoms with Crippen LogP contribution >= 0.6 is 0 Å². The smallest absolute Gasteiger partial charge is 0.0850 e. The third-order valence-electron chi connectivity index (χ3n) is 4.42. The standard InChI is InChI=1S/C12H23NO/c1-11(2)7-3-4-8-12(11,14)10-6-5-9-13-10/h10,13-14H,3-9H2,1-2H3. The molecule has 2 nitrogen and oxygen atoms in total. The van der Waals surface area contributed by atoms with Gasteiger partial charge in [-0.3, -0.25) is 0 Å². The molecule has 1 aliphatic carbocycles. The summed E-state index contributed by atoms with van der Waals surface area (Å²) < 4.78 is 0. The van der Waals surface area contributed by atoms with Crippen molar-refractivity contribution in [3.05, 3.63) is 0 Å². The minimum atomic E-state index is -0.457. The van der Waals surface area contributed by atoms with Crippen LogP contribution in [0, 0.1) is 5.41 Å². The van der Waals surface area contributed by atoms with Crippen molar-refractivity contribution in [2.24, 2.45) is 5.41 Å². The minimum Gasteiger partial charge on any atom is -0.388 e. The summed E-state index contributed by atoms with van der Waals surface area (Å²) in [5.74, 6) is 0. The number of rotatable bonds is 1. The van der Waals surface area contributed by atoms with E-state index in [1.165, 1.54) is 25.7 Å². The van der Waals surface area contributed by atoms with Crippen LogP contribution in [0.5, 0.6) is 0 Å². The molecule has 2 heteroatoms. The fourth-order valence-corrected chi connectivity index (χ4v) is 3.25. The lowest BCUT2D eigenvalue weighted by molar-refractivity contribution is -0.118. The van der Waals surface area contributed by atoms with Crippen molar-refractivity contribution in [2.45, 2.75) is 64.0 Å². The van der Waals surface area contributed by atoms with Crippen molar-refractivity contribution in [1.29, 1.82) is 0 Å². The molecule has 1 heterocycles. The fourth-order valence-electron chi connectivity index (χ4n) is 3.25. The molecule has 2 atom stereocenters. The summed E-state index contributed by atoms with van der Waals surface area (Å²) in [5.41, 5.74) is -0.366. The number of aliphatic hydroxyl groups is 1. The van der Waals surface area contributed by atoms with Crippen LogP contribution in [-0.4, -0.2) is 23.3 Å². The van der Waals surface area contributed by atoms with E-state index in [9.17, 15) is 5.11 Å². The van der Waals surface area contributed by atoms with E-state index in [-0.39, 0.29) is 5.41 Å². The van der Waals surface area contributed by atoms with E-state index in [0.717, 1.165) is 19.4 Å². The molecule has 0 spiro atoms. The number of nitrogens with one attached hydrogen (secondary N) is 1. The summed E-state index contributed by atoms with van der Waals surface area (Å²) in [7, 11) is 0. The van der Waals surface area contributed by atoms with Gasteiger partial charge in [-0.15, -0.1) is 0 Å². The van der Waals surface area contributed by atoms with Crippen LogP contribution in [0.1, 0.15) is 52.4 Å². The Morgan fingerprint density at radius 1 is 1.14 bits per heavy atom. The Hall–Kier alpha value is -0.0800. The molecule has 2 rings (SSSR count). The van der Waals surface area contributed by atoms with Gasteiger partial charge in [0, 0.05) is 6.04 Å². The predicted octanol–water partition coefficient (Wildman–Crippen LogP) is 2.07. The average molecular weight is 197 g/mol. The quantitative estimate of drug-likeness (QED) is 0.674. The first kappa shape index (κ1) is 10.4. The third kappa shape index (κ3) is 1.49. The summed E-state index contributed by atoms with van der Waals surface area (Å²) in [6, 6.07) is 0.345. The Morgan fingerprint density at radius 3 is 2.43 bits per heavy atom. The molecule has 14 heavy (non-hydrogen) atoms. The van der Waals surface area contributed by atoms with Gasteiger partial charge in [-0.05, 0) is 37.6 Å². The molecule has 2 N–H and O–H groups in total. The molecule has 0 aromatic rings. The predicted molar refractivity (Wildman–Crippen MR) is 58.2 cm³/mol. The number of hydrogen-bond acceptors (Lipinski definition) is 2. The van der Waals surface area contributed by atoms with E-state index in [2.05, 4.69) is 19.2 Å². The zero-order valence-corrected chi connectivity index (χ0v) is 9.47. The van der Waals surface area contributed by atoms with Gasteiger partial charge in [0.2, 0.25) is 0 Å². The summed E-state index contributed by atoms with van der Waals surface area (Å²) >= 11 is 0. The largest absolute Gasteiger partial charge is 0.388 e. The van der Waals surface area contributed by atoms with Crippen LogP contribution in [0.25, 0.3) is 0 Å². The number of hydrogen-bond donors (Lipinski definition) is 2. The first-order valence-electron chi connectivity index (χ1n) is 6.02. The maximum atomic E-state index is 10.8. The lowest BCUT2D eigenvalue weighted by Gasteiger charge is -2.50. The molecule has 0 bridgehead atoms. The molecular weight excluding hydrogens is 174 g/mol. The highest BCUT2D eigenvalue weighted by Crippen LogP contribution is 2.47. The van der Waals surface area contributed by atoms with Gasteiger partial charge in [0.1, 0.15) is 0 Å². The Bertz CT molecular complexity index is 208. The first-order chi connectivity index (χ1) is 6.56. The molecule has 1 aliphatic heterocycles. The third-order valence-corrected chi connectivity index (χ3v) is 4.42. The molecule has 0 aromatic heterocycles. The molecule has 0 amide bonds. The molecule has 0 radical (unpaired) electrons. The van der Waals surface area contributed by atoms with E-state index in [0.29, 0.717) is 6.04 Å². The van der Waals surface area contributed by atoms with Gasteiger partial charge in [-0.25, -0.2) is 0 Å². The molecule has 2 aliphatic rings. The molecule has 1 saturated heterocycles. The zero-order valence-electron chi connectivity index (χ0n) is 9.47. The van der Waals surface area contributed by atoms with E-state index >= 15 is 0 Å². The second-order valence-corrected chi connectivity index (χ2v) is 5.66. The molecule has 82 valence electrons. The Kier molecular flexibility index (Phi) is 2.61. The van der Waals surface area contributed by atoms with Crippen LogP contribution in [0.3, 0.4) is 0 Å². The normalized spacial score (nSPS) is 42.6. The second-order valence-electron chi connectivity index (χ2n) is 5.66. The van der Waals surface area contributed by atoms with Crippen molar-refractivity contribution >= 4 is 0 Å². The fraction of sp³-hybridized carbons (Fsp3) is 1.00. The van der Waals surface area contributed by atoms with Crippen LogP contribution < -0.4 is 5.32 Å². The average Bonchev–Trinajstić information content (AvgIpc) is 2.63. The monoisotopic (exact) mass is 197 g/mol. The lowest BCUT2D eigenvalue weighted by atomic mass is 9.62. The maximum Gasteiger partial charge on any atom is 0.0850 e. The van der Waals surface area contributed by atoms with Gasteiger partial charge in [0.05, 0.1) is 5.60 Å². The van der Waals surface area contributed by atoms with Gasteiger partial charge in [-0.1, -0.05) is 26.7 Å². The highest BCUT2D eigenvalue weighted by Gasteiger charge is 2.50. The summed E-state index contributed by atoms with van der Waals surface area (Å²) in [4.78, 5) is 0. The van der Waals surface area contributed by atoms with Crippen molar-refractivity contribution in [1.82, 2.24) is 5.32 Å². The van der Waals surface area contributed by atoms with Crippen LogP contribution in [0.4, 0.5) is 0 Å². The SMILES string of the molecule is CC1(C)CCCCC1(O)C1CCCN1. The van der Waals surface area contributed by atoms with E-state index < -0.39 is 5.60 Å². The first-order valence-corrected chi connectivity index (χ1v) is 6.02. The van der Waals surface area contributed by atoms with Crippen LogP contribution in [0.2, 0.25) is 0 Å². The summed E-state index contributed by atoms with van der Waals surface area (Å²) in [6.07, 6.45) is 7.00. The molecule has 2 unspecified atom stereocenters. The maximum absolute atomic E-state index is 10.8. The van der Waals surface area contributed by atoms with Crippen LogP contribution in [0.15, 0.2) is 0 Å². The van der Waals surface area contributed by atoms with Crippen molar-refractivity contribution in [3.63, 3.8) is 0 Å². The van der Waals surface area contributed by atoms with Crippen LogP contribution in [-0.2, 0) is 0 Å². The van der Waals surface area contributed by atoms with Gasteiger partial charge >= 0.3 is 0 Å². The molecule has 0 aromatic carbocycles. The molecule has 1 saturated carbocycles. The summed E-state index contributed by atoms with van der Waals surface area (Å²) in [5, 5.41) is 14.3. The van der Waals surface area contributed by atoms with Crippen molar-refractivity contribution in [3.8, 4) is 0 Å². The Morgan fingerprint density at radius 2 is 1.86 bits per heavy atom. The molecule has 2 fully saturated rings.